The van der Waals surface area contributed by atoms with Crippen LogP contribution in [0.1, 0.15) is 21.6 Å². The summed E-state index contributed by atoms with van der Waals surface area (Å²) in [6.45, 7) is 2.09. The molecule has 1 amide bonds. The van der Waals surface area contributed by atoms with Gasteiger partial charge in [-0.25, -0.2) is 4.98 Å². The van der Waals surface area contributed by atoms with Gasteiger partial charge in [0.15, 0.2) is 0 Å². The number of nitrogens with zero attached hydrogens (tertiary/aromatic N) is 1. The van der Waals surface area contributed by atoms with Gasteiger partial charge in [0.1, 0.15) is 23.1 Å². The molecule has 5 heteroatoms. The molecule has 0 saturated carbocycles. The van der Waals surface area contributed by atoms with Gasteiger partial charge in [-0.2, -0.15) is 0 Å². The molecule has 0 aliphatic carbocycles. The fraction of sp³-hybridized carbons (Fsp3) is 0.200. The molecule has 0 unspecified atom stereocenters. The molecule has 0 bridgehead atoms. The highest BCUT2D eigenvalue weighted by Crippen LogP contribution is 2.25. The Balaban J connectivity index is 2.28. The molecule has 4 nitrogen and oxygen atoms in total. The van der Waals surface area contributed by atoms with E-state index in [9.17, 15) is 4.79 Å². The van der Waals surface area contributed by atoms with Crippen molar-refractivity contribution in [2.24, 2.45) is 0 Å². The van der Waals surface area contributed by atoms with Gasteiger partial charge in [-0.1, -0.05) is 41.9 Å². The quantitative estimate of drug-likeness (QED) is 0.881. The summed E-state index contributed by atoms with van der Waals surface area (Å²) in [6.07, 6.45) is 0. The summed E-state index contributed by atoms with van der Waals surface area (Å²) < 4.78 is 5.72. The zero-order chi connectivity index (χ0) is 14.5. The van der Waals surface area contributed by atoms with Crippen molar-refractivity contribution in [3.05, 3.63) is 58.4 Å². The summed E-state index contributed by atoms with van der Waals surface area (Å²) in [5.74, 6) is 0.195. The van der Waals surface area contributed by atoms with Gasteiger partial charge < -0.3 is 10.1 Å². The normalized spacial score (nSPS) is 10.2. The molecule has 1 heterocycles. The number of rotatable bonds is 4. The van der Waals surface area contributed by atoms with E-state index >= 15 is 0 Å². The zero-order valence-electron chi connectivity index (χ0n) is 11.3. The van der Waals surface area contributed by atoms with Gasteiger partial charge in [-0.3, -0.25) is 4.79 Å². The Morgan fingerprint density at radius 1 is 1.35 bits per heavy atom. The SMILES string of the molecule is CNC(=O)c1c(OCc2ccccc2)cc(Cl)nc1C. The van der Waals surface area contributed by atoms with Crippen LogP contribution in [0.2, 0.25) is 5.15 Å². The van der Waals surface area contributed by atoms with E-state index in [2.05, 4.69) is 10.3 Å². The molecule has 0 spiro atoms. The van der Waals surface area contributed by atoms with E-state index in [1.54, 1.807) is 20.0 Å². The molecule has 1 N–H and O–H groups in total. The summed E-state index contributed by atoms with van der Waals surface area (Å²) >= 11 is 5.93. The maximum absolute atomic E-state index is 11.9. The molecular formula is C15H15ClN2O2. The zero-order valence-corrected chi connectivity index (χ0v) is 12.1. The van der Waals surface area contributed by atoms with Crippen LogP contribution < -0.4 is 10.1 Å². The lowest BCUT2D eigenvalue weighted by Gasteiger charge is -2.13. The topological polar surface area (TPSA) is 51.2 Å². The number of carbonyl (C=O) groups excluding carboxylic acids is 1. The van der Waals surface area contributed by atoms with E-state index in [1.165, 1.54) is 0 Å². The molecule has 0 aliphatic rings. The van der Waals surface area contributed by atoms with E-state index < -0.39 is 0 Å². The first-order chi connectivity index (χ1) is 9.61. The largest absolute Gasteiger partial charge is 0.488 e. The molecule has 0 fully saturated rings. The Morgan fingerprint density at radius 3 is 2.70 bits per heavy atom. The maximum Gasteiger partial charge on any atom is 0.256 e. The second-order valence-corrected chi connectivity index (χ2v) is 4.64. The lowest BCUT2D eigenvalue weighted by molar-refractivity contribution is 0.0957. The third kappa shape index (κ3) is 3.27. The molecule has 1 aromatic heterocycles. The number of aryl methyl sites for hydroxylation is 1. The second kappa shape index (κ2) is 6.39. The van der Waals surface area contributed by atoms with Crippen molar-refractivity contribution < 1.29 is 9.53 Å². The summed E-state index contributed by atoms with van der Waals surface area (Å²) in [7, 11) is 1.57. The summed E-state index contributed by atoms with van der Waals surface area (Å²) in [6, 6.07) is 11.3. The Bertz CT molecular complexity index is 615. The lowest BCUT2D eigenvalue weighted by atomic mass is 10.1. The molecule has 104 valence electrons. The molecule has 1 aromatic carbocycles. The fourth-order valence-corrected chi connectivity index (χ4v) is 2.08. The van der Waals surface area contributed by atoms with Gasteiger partial charge in [0.05, 0.1) is 5.69 Å². The van der Waals surface area contributed by atoms with Crippen LogP contribution in [0, 0.1) is 6.92 Å². The molecule has 0 atom stereocenters. The highest BCUT2D eigenvalue weighted by Gasteiger charge is 2.17. The first-order valence-electron chi connectivity index (χ1n) is 6.17. The number of aromatic nitrogens is 1. The number of amides is 1. The van der Waals surface area contributed by atoms with Crippen molar-refractivity contribution in [2.75, 3.05) is 7.05 Å². The van der Waals surface area contributed by atoms with E-state index in [1.807, 2.05) is 30.3 Å². The molecule has 2 aromatic rings. The Morgan fingerprint density at radius 2 is 2.05 bits per heavy atom. The lowest BCUT2D eigenvalue weighted by Crippen LogP contribution is -2.20. The van der Waals surface area contributed by atoms with E-state index in [0.717, 1.165) is 5.56 Å². The minimum absolute atomic E-state index is 0.241. The van der Waals surface area contributed by atoms with E-state index in [-0.39, 0.29) is 5.91 Å². The highest BCUT2D eigenvalue weighted by atomic mass is 35.5. The summed E-state index contributed by atoms with van der Waals surface area (Å²) in [4.78, 5) is 16.0. The smallest absolute Gasteiger partial charge is 0.256 e. The van der Waals surface area contributed by atoms with Gasteiger partial charge in [0.2, 0.25) is 0 Å². The third-order valence-electron chi connectivity index (χ3n) is 2.82. The van der Waals surface area contributed by atoms with Crippen LogP contribution >= 0.6 is 11.6 Å². The van der Waals surface area contributed by atoms with Crippen molar-refractivity contribution in [1.82, 2.24) is 10.3 Å². The average molecular weight is 291 g/mol. The minimum atomic E-state index is -0.241. The Labute approximate surface area is 122 Å². The van der Waals surface area contributed by atoms with Gasteiger partial charge in [0.25, 0.3) is 5.91 Å². The maximum atomic E-state index is 11.9. The number of nitrogens with one attached hydrogen (secondary N) is 1. The summed E-state index contributed by atoms with van der Waals surface area (Å²) in [5.41, 5.74) is 1.97. The predicted octanol–water partition coefficient (Wildman–Crippen LogP) is 2.98. The number of halogens is 1. The van der Waals surface area contributed by atoms with Gasteiger partial charge in [0, 0.05) is 13.1 Å². The van der Waals surface area contributed by atoms with Crippen LogP contribution in [0.25, 0.3) is 0 Å². The van der Waals surface area contributed by atoms with Crippen molar-refractivity contribution in [2.45, 2.75) is 13.5 Å². The molecule has 0 radical (unpaired) electrons. The van der Waals surface area contributed by atoms with Crippen LogP contribution in [0.15, 0.2) is 36.4 Å². The van der Waals surface area contributed by atoms with Crippen LogP contribution in [0.5, 0.6) is 5.75 Å². The van der Waals surface area contributed by atoms with Crippen molar-refractivity contribution in [3.63, 3.8) is 0 Å². The van der Waals surface area contributed by atoms with Gasteiger partial charge in [-0.15, -0.1) is 0 Å². The number of hydrogen-bond acceptors (Lipinski definition) is 3. The number of ether oxygens (including phenoxy) is 1. The van der Waals surface area contributed by atoms with Crippen LogP contribution in [-0.2, 0) is 6.61 Å². The van der Waals surface area contributed by atoms with Crippen LogP contribution in [0.4, 0.5) is 0 Å². The molecule has 20 heavy (non-hydrogen) atoms. The van der Waals surface area contributed by atoms with Gasteiger partial charge in [-0.05, 0) is 12.5 Å². The first kappa shape index (κ1) is 14.3. The number of pyridine rings is 1. The Hall–Kier alpha value is -2.07. The molecule has 0 saturated heterocycles. The fourth-order valence-electron chi connectivity index (χ4n) is 1.86. The monoisotopic (exact) mass is 290 g/mol. The number of hydrogen-bond donors (Lipinski definition) is 1. The van der Waals surface area contributed by atoms with E-state index in [4.69, 9.17) is 16.3 Å². The minimum Gasteiger partial charge on any atom is -0.488 e. The molecule has 2 rings (SSSR count). The van der Waals surface area contributed by atoms with Crippen molar-refractivity contribution in [3.8, 4) is 5.75 Å². The van der Waals surface area contributed by atoms with Crippen molar-refractivity contribution in [1.29, 1.82) is 0 Å². The third-order valence-corrected chi connectivity index (χ3v) is 3.02. The first-order valence-corrected chi connectivity index (χ1v) is 6.55. The highest BCUT2D eigenvalue weighted by molar-refractivity contribution is 6.29. The van der Waals surface area contributed by atoms with Crippen molar-refractivity contribution >= 4 is 17.5 Å². The Kier molecular flexibility index (Phi) is 4.58. The molecule has 0 aliphatic heterocycles. The summed E-state index contributed by atoms with van der Waals surface area (Å²) in [5, 5.41) is 2.88. The van der Waals surface area contributed by atoms with Crippen LogP contribution in [-0.4, -0.2) is 17.9 Å². The number of carbonyl (C=O) groups is 1. The number of benzene rings is 1. The second-order valence-electron chi connectivity index (χ2n) is 4.26. The molecular weight excluding hydrogens is 276 g/mol. The average Bonchev–Trinajstić information content (AvgIpc) is 2.45. The standard InChI is InChI=1S/C15H15ClN2O2/c1-10-14(15(19)17-2)12(8-13(16)18-10)20-9-11-6-4-3-5-7-11/h3-8H,9H2,1-2H3,(H,17,19). The van der Waals surface area contributed by atoms with Gasteiger partial charge >= 0.3 is 0 Å². The predicted molar refractivity (Wildman–Crippen MR) is 78.1 cm³/mol. The van der Waals surface area contributed by atoms with Crippen LogP contribution in [0.3, 0.4) is 0 Å². The van der Waals surface area contributed by atoms with E-state index in [0.29, 0.717) is 28.8 Å².